The summed E-state index contributed by atoms with van der Waals surface area (Å²) in [4.78, 5) is 2.51. The minimum Gasteiger partial charge on any atom is -0.323 e. The van der Waals surface area contributed by atoms with E-state index in [1.165, 1.54) is 36.9 Å². The first-order chi connectivity index (χ1) is 8.70. The lowest BCUT2D eigenvalue weighted by molar-refractivity contribution is 0.176. The quantitative estimate of drug-likeness (QED) is 0.835. The normalized spacial score (nSPS) is 17.8. The van der Waals surface area contributed by atoms with Crippen molar-refractivity contribution in [1.29, 1.82) is 0 Å². The van der Waals surface area contributed by atoms with Gasteiger partial charge in [0.1, 0.15) is 0 Å². The third-order valence-corrected chi connectivity index (χ3v) is 4.23. The first-order valence-electron chi connectivity index (χ1n) is 7.24. The maximum Gasteiger partial charge on any atom is 0.0426 e. The summed E-state index contributed by atoms with van der Waals surface area (Å²) in [5.74, 6) is 0.925. The largest absolute Gasteiger partial charge is 0.323 e. The predicted octanol–water partition coefficient (Wildman–Crippen LogP) is 3.12. The molecule has 1 aromatic carbocycles. The summed E-state index contributed by atoms with van der Waals surface area (Å²) < 4.78 is 0. The van der Waals surface area contributed by atoms with Crippen LogP contribution < -0.4 is 5.73 Å². The van der Waals surface area contributed by atoms with E-state index >= 15 is 0 Å². The topological polar surface area (TPSA) is 29.3 Å². The van der Waals surface area contributed by atoms with E-state index in [2.05, 4.69) is 43.0 Å². The highest BCUT2D eigenvalue weighted by molar-refractivity contribution is 5.28. The van der Waals surface area contributed by atoms with Gasteiger partial charge in [0, 0.05) is 19.1 Å². The Morgan fingerprint density at radius 3 is 2.61 bits per heavy atom. The van der Waals surface area contributed by atoms with Crippen molar-refractivity contribution in [3.8, 4) is 0 Å². The molecule has 0 spiro atoms. The van der Waals surface area contributed by atoms with Crippen molar-refractivity contribution in [3.05, 3.63) is 35.4 Å². The minimum absolute atomic E-state index is 0.145. The van der Waals surface area contributed by atoms with Gasteiger partial charge in [0.2, 0.25) is 0 Å². The van der Waals surface area contributed by atoms with Crippen LogP contribution in [-0.2, 0) is 0 Å². The molecule has 18 heavy (non-hydrogen) atoms. The molecule has 100 valence electrons. The molecule has 1 aliphatic rings. The van der Waals surface area contributed by atoms with E-state index in [1.807, 2.05) is 0 Å². The second-order valence-electron chi connectivity index (χ2n) is 5.61. The van der Waals surface area contributed by atoms with Crippen LogP contribution >= 0.6 is 0 Å². The molecule has 2 heteroatoms. The Hall–Kier alpha value is -0.860. The van der Waals surface area contributed by atoms with E-state index in [0.717, 1.165) is 19.0 Å². The van der Waals surface area contributed by atoms with Gasteiger partial charge in [-0.15, -0.1) is 0 Å². The Bertz CT molecular complexity index is 371. The SMILES string of the molecule is CCN(CC1CCC1)CC(N)c1ccccc1C. The van der Waals surface area contributed by atoms with Crippen molar-refractivity contribution in [2.75, 3.05) is 19.6 Å². The molecule has 2 N–H and O–H groups in total. The van der Waals surface area contributed by atoms with Gasteiger partial charge in [-0.25, -0.2) is 0 Å². The summed E-state index contributed by atoms with van der Waals surface area (Å²) in [5.41, 5.74) is 8.97. The number of nitrogens with zero attached hydrogens (tertiary/aromatic N) is 1. The van der Waals surface area contributed by atoms with Crippen LogP contribution in [0.25, 0.3) is 0 Å². The molecular weight excluding hydrogens is 220 g/mol. The third-order valence-electron chi connectivity index (χ3n) is 4.23. The zero-order valence-electron chi connectivity index (χ0n) is 11.7. The van der Waals surface area contributed by atoms with Crippen LogP contribution in [0.3, 0.4) is 0 Å². The third kappa shape index (κ3) is 3.33. The fourth-order valence-corrected chi connectivity index (χ4v) is 2.75. The van der Waals surface area contributed by atoms with Gasteiger partial charge < -0.3 is 10.6 Å². The lowest BCUT2D eigenvalue weighted by Gasteiger charge is -2.33. The molecule has 0 heterocycles. The molecule has 1 unspecified atom stereocenters. The first-order valence-corrected chi connectivity index (χ1v) is 7.24. The van der Waals surface area contributed by atoms with E-state index in [4.69, 9.17) is 5.73 Å². The zero-order chi connectivity index (χ0) is 13.0. The van der Waals surface area contributed by atoms with Gasteiger partial charge in [-0.05, 0) is 43.4 Å². The molecule has 1 aliphatic carbocycles. The van der Waals surface area contributed by atoms with Crippen LogP contribution in [-0.4, -0.2) is 24.5 Å². The number of nitrogens with two attached hydrogens (primary N) is 1. The van der Waals surface area contributed by atoms with Gasteiger partial charge in [0.25, 0.3) is 0 Å². The van der Waals surface area contributed by atoms with Crippen molar-refractivity contribution in [1.82, 2.24) is 4.90 Å². The van der Waals surface area contributed by atoms with Gasteiger partial charge >= 0.3 is 0 Å². The molecule has 1 saturated carbocycles. The highest BCUT2D eigenvalue weighted by atomic mass is 15.1. The monoisotopic (exact) mass is 246 g/mol. The summed E-state index contributed by atoms with van der Waals surface area (Å²) >= 11 is 0. The van der Waals surface area contributed by atoms with Crippen molar-refractivity contribution in [3.63, 3.8) is 0 Å². The Kier molecular flexibility index (Phi) is 4.79. The maximum atomic E-state index is 6.37. The van der Waals surface area contributed by atoms with E-state index in [1.54, 1.807) is 0 Å². The molecule has 0 aliphatic heterocycles. The Morgan fingerprint density at radius 1 is 1.33 bits per heavy atom. The fourth-order valence-electron chi connectivity index (χ4n) is 2.75. The molecule has 2 rings (SSSR count). The van der Waals surface area contributed by atoms with Crippen molar-refractivity contribution in [2.24, 2.45) is 11.7 Å². The summed E-state index contributed by atoms with van der Waals surface area (Å²) in [5, 5.41) is 0. The van der Waals surface area contributed by atoms with Crippen molar-refractivity contribution in [2.45, 2.75) is 39.2 Å². The molecular formula is C16H26N2. The summed E-state index contributed by atoms with van der Waals surface area (Å²) in [6.07, 6.45) is 4.25. The van der Waals surface area contributed by atoms with E-state index < -0.39 is 0 Å². The smallest absolute Gasteiger partial charge is 0.0426 e. The van der Waals surface area contributed by atoms with Crippen LogP contribution in [0, 0.1) is 12.8 Å². The summed E-state index contributed by atoms with van der Waals surface area (Å²) in [6.45, 7) is 7.71. The molecule has 1 fully saturated rings. The number of hydrogen-bond donors (Lipinski definition) is 1. The average molecular weight is 246 g/mol. The maximum absolute atomic E-state index is 6.37. The molecule has 0 amide bonds. The van der Waals surface area contributed by atoms with Crippen molar-refractivity contribution >= 4 is 0 Å². The van der Waals surface area contributed by atoms with E-state index in [0.29, 0.717) is 0 Å². The molecule has 0 bridgehead atoms. The first kappa shape index (κ1) is 13.6. The average Bonchev–Trinajstić information content (AvgIpc) is 2.32. The Morgan fingerprint density at radius 2 is 2.06 bits per heavy atom. The molecule has 0 aromatic heterocycles. The lowest BCUT2D eigenvalue weighted by atomic mass is 9.85. The molecule has 0 radical (unpaired) electrons. The number of benzene rings is 1. The van der Waals surface area contributed by atoms with Gasteiger partial charge in [-0.1, -0.05) is 37.6 Å². The van der Waals surface area contributed by atoms with E-state index in [-0.39, 0.29) is 6.04 Å². The number of aryl methyl sites for hydroxylation is 1. The van der Waals surface area contributed by atoms with Crippen LogP contribution in [0.5, 0.6) is 0 Å². The van der Waals surface area contributed by atoms with Gasteiger partial charge in [-0.3, -0.25) is 0 Å². The van der Waals surface area contributed by atoms with Crippen molar-refractivity contribution < 1.29 is 0 Å². The van der Waals surface area contributed by atoms with Crippen LogP contribution in [0.1, 0.15) is 43.4 Å². The predicted molar refractivity (Wildman–Crippen MR) is 77.6 cm³/mol. The Labute approximate surface area is 111 Å². The van der Waals surface area contributed by atoms with Crippen LogP contribution in [0.15, 0.2) is 24.3 Å². The molecule has 1 atom stereocenters. The van der Waals surface area contributed by atoms with E-state index in [9.17, 15) is 0 Å². The molecule has 1 aromatic rings. The number of likely N-dealkylation sites (N-methyl/N-ethyl adjacent to an activating group) is 1. The van der Waals surface area contributed by atoms with Gasteiger partial charge in [0.05, 0.1) is 0 Å². The second-order valence-corrected chi connectivity index (χ2v) is 5.61. The molecule has 2 nitrogen and oxygen atoms in total. The number of hydrogen-bond acceptors (Lipinski definition) is 2. The molecule has 0 saturated heterocycles. The Balaban J connectivity index is 1.92. The highest BCUT2D eigenvalue weighted by Crippen LogP contribution is 2.27. The van der Waals surface area contributed by atoms with Gasteiger partial charge in [0.15, 0.2) is 0 Å². The lowest BCUT2D eigenvalue weighted by Crippen LogP contribution is -2.37. The van der Waals surface area contributed by atoms with Crippen LogP contribution in [0.2, 0.25) is 0 Å². The zero-order valence-corrected chi connectivity index (χ0v) is 11.7. The summed E-state index contributed by atoms with van der Waals surface area (Å²) in [6, 6.07) is 8.63. The fraction of sp³-hybridized carbons (Fsp3) is 0.625. The minimum atomic E-state index is 0.145. The number of rotatable bonds is 6. The second kappa shape index (κ2) is 6.35. The van der Waals surface area contributed by atoms with Crippen LogP contribution in [0.4, 0.5) is 0 Å². The summed E-state index contributed by atoms with van der Waals surface area (Å²) in [7, 11) is 0. The van der Waals surface area contributed by atoms with Gasteiger partial charge in [-0.2, -0.15) is 0 Å². The highest BCUT2D eigenvalue weighted by Gasteiger charge is 2.21. The standard InChI is InChI=1S/C16H26N2/c1-3-18(11-14-8-6-9-14)12-16(17)15-10-5-4-7-13(15)2/h4-5,7,10,14,16H,3,6,8-9,11-12,17H2,1-2H3.